The molecule has 1 fully saturated rings. The molecule has 1 heterocycles. The second-order valence-corrected chi connectivity index (χ2v) is 5.08. The lowest BCUT2D eigenvalue weighted by molar-refractivity contribution is -0.137. The third-order valence-electron chi connectivity index (χ3n) is 3.15. The Balaban J connectivity index is 2.15. The lowest BCUT2D eigenvalue weighted by Crippen LogP contribution is -2.20. The second kappa shape index (κ2) is 5.97. The summed E-state index contributed by atoms with van der Waals surface area (Å²) in [6.45, 7) is 1.29. The summed E-state index contributed by atoms with van der Waals surface area (Å²) in [5.74, 6) is 0. The Bertz CT molecular complexity index is 499. The van der Waals surface area contributed by atoms with E-state index in [1.807, 2.05) is 0 Å². The van der Waals surface area contributed by atoms with Crippen molar-refractivity contribution >= 4 is 22.9 Å². The summed E-state index contributed by atoms with van der Waals surface area (Å²) in [5.41, 5.74) is 4.96. The number of benzene rings is 1. The van der Waals surface area contributed by atoms with E-state index >= 15 is 0 Å². The topological polar surface area (TPSA) is 47.3 Å². The van der Waals surface area contributed by atoms with Gasteiger partial charge in [-0.05, 0) is 31.0 Å². The first-order valence-corrected chi connectivity index (χ1v) is 6.65. The van der Waals surface area contributed by atoms with Crippen LogP contribution in [-0.2, 0) is 10.9 Å². The normalized spacial score (nSPS) is 19.1. The van der Waals surface area contributed by atoms with Gasteiger partial charge in [-0.2, -0.15) is 13.2 Å². The summed E-state index contributed by atoms with van der Waals surface area (Å²) in [6, 6.07) is 3.70. The van der Waals surface area contributed by atoms with Gasteiger partial charge in [0.2, 0.25) is 0 Å². The van der Waals surface area contributed by atoms with Crippen LogP contribution in [0, 0.1) is 0 Å². The van der Waals surface area contributed by atoms with E-state index in [4.69, 9.17) is 22.7 Å². The zero-order chi connectivity index (χ0) is 14.8. The maximum atomic E-state index is 12.8. The average molecular weight is 304 g/mol. The molecule has 0 radical (unpaired) electrons. The highest BCUT2D eigenvalue weighted by Gasteiger charge is 2.34. The van der Waals surface area contributed by atoms with Gasteiger partial charge in [0.1, 0.15) is 4.99 Å². The van der Waals surface area contributed by atoms with E-state index in [0.717, 1.165) is 25.5 Å². The number of hydrogen-bond acceptors (Lipinski definition) is 3. The van der Waals surface area contributed by atoms with Gasteiger partial charge in [0.25, 0.3) is 0 Å². The number of ether oxygens (including phenoxy) is 1. The molecule has 7 heteroatoms. The molecule has 1 aliphatic heterocycles. The Morgan fingerprint density at radius 3 is 2.75 bits per heavy atom. The zero-order valence-corrected chi connectivity index (χ0v) is 11.5. The van der Waals surface area contributed by atoms with Crippen LogP contribution in [0.3, 0.4) is 0 Å². The molecular formula is C13H15F3N2OS. The number of rotatable bonds is 4. The molecule has 1 aromatic carbocycles. The predicted molar refractivity (Wildman–Crippen MR) is 74.8 cm³/mol. The number of alkyl halides is 3. The number of halogens is 3. The van der Waals surface area contributed by atoms with E-state index in [1.165, 1.54) is 12.1 Å². The number of nitrogens with one attached hydrogen (secondary N) is 1. The Morgan fingerprint density at radius 2 is 2.20 bits per heavy atom. The van der Waals surface area contributed by atoms with Crippen molar-refractivity contribution in [1.29, 1.82) is 0 Å². The lowest BCUT2D eigenvalue weighted by atomic mass is 10.1. The van der Waals surface area contributed by atoms with Crippen molar-refractivity contribution in [3.8, 4) is 0 Å². The van der Waals surface area contributed by atoms with Crippen molar-refractivity contribution in [2.45, 2.75) is 25.1 Å². The molecule has 110 valence electrons. The van der Waals surface area contributed by atoms with Crippen LogP contribution in [0.1, 0.15) is 24.0 Å². The molecule has 0 amide bonds. The van der Waals surface area contributed by atoms with Gasteiger partial charge in [-0.1, -0.05) is 12.2 Å². The summed E-state index contributed by atoms with van der Waals surface area (Å²) < 4.78 is 43.9. The summed E-state index contributed by atoms with van der Waals surface area (Å²) in [7, 11) is 0. The van der Waals surface area contributed by atoms with Crippen LogP contribution < -0.4 is 11.1 Å². The number of nitrogens with two attached hydrogens (primary N) is 1. The van der Waals surface area contributed by atoms with Gasteiger partial charge in [-0.15, -0.1) is 0 Å². The molecule has 2 rings (SSSR count). The smallest absolute Gasteiger partial charge is 0.389 e. The minimum atomic E-state index is -4.47. The van der Waals surface area contributed by atoms with Crippen LogP contribution in [-0.4, -0.2) is 24.2 Å². The van der Waals surface area contributed by atoms with Gasteiger partial charge < -0.3 is 15.8 Å². The molecule has 0 aliphatic carbocycles. The first-order chi connectivity index (χ1) is 9.38. The fraction of sp³-hybridized carbons (Fsp3) is 0.462. The minimum Gasteiger partial charge on any atom is -0.389 e. The molecule has 0 spiro atoms. The number of hydrogen-bond donors (Lipinski definition) is 2. The highest BCUT2D eigenvalue weighted by Crippen LogP contribution is 2.33. The van der Waals surface area contributed by atoms with Gasteiger partial charge >= 0.3 is 6.18 Å². The van der Waals surface area contributed by atoms with Crippen LogP contribution in [0.5, 0.6) is 0 Å². The average Bonchev–Trinajstić information content (AvgIpc) is 2.88. The number of thiocarbonyl (C=S) groups is 1. The van der Waals surface area contributed by atoms with Crippen molar-refractivity contribution < 1.29 is 17.9 Å². The Morgan fingerprint density at radius 1 is 1.45 bits per heavy atom. The first kappa shape index (κ1) is 15.1. The molecule has 1 aromatic rings. The van der Waals surface area contributed by atoms with Crippen LogP contribution in [0.25, 0.3) is 0 Å². The van der Waals surface area contributed by atoms with E-state index in [-0.39, 0.29) is 16.7 Å². The predicted octanol–water partition coefficient (Wildman–Crippen LogP) is 2.93. The minimum absolute atomic E-state index is 0.102. The molecular weight excluding hydrogens is 289 g/mol. The van der Waals surface area contributed by atoms with Crippen LogP contribution in [0.2, 0.25) is 0 Å². The van der Waals surface area contributed by atoms with Crippen molar-refractivity contribution in [2.24, 2.45) is 5.73 Å². The third-order valence-corrected chi connectivity index (χ3v) is 3.37. The van der Waals surface area contributed by atoms with Crippen LogP contribution in [0.4, 0.5) is 18.9 Å². The maximum Gasteiger partial charge on any atom is 0.417 e. The highest BCUT2D eigenvalue weighted by atomic mass is 32.1. The van der Waals surface area contributed by atoms with E-state index in [2.05, 4.69) is 5.32 Å². The van der Waals surface area contributed by atoms with Crippen molar-refractivity contribution in [3.05, 3.63) is 29.3 Å². The SMILES string of the molecule is NC(=S)c1cc(NCC2CCCO2)ccc1C(F)(F)F. The Kier molecular flexibility index (Phi) is 4.49. The molecule has 0 bridgehead atoms. The molecule has 0 aromatic heterocycles. The van der Waals surface area contributed by atoms with E-state index in [1.54, 1.807) is 0 Å². The maximum absolute atomic E-state index is 12.8. The fourth-order valence-corrected chi connectivity index (χ4v) is 2.31. The fourth-order valence-electron chi connectivity index (χ4n) is 2.14. The van der Waals surface area contributed by atoms with Gasteiger partial charge in [0, 0.05) is 24.4 Å². The summed E-state index contributed by atoms with van der Waals surface area (Å²) >= 11 is 4.69. The van der Waals surface area contributed by atoms with Gasteiger partial charge in [-0.3, -0.25) is 0 Å². The van der Waals surface area contributed by atoms with Gasteiger partial charge in [-0.25, -0.2) is 0 Å². The Labute approximate surface area is 120 Å². The summed E-state index contributed by atoms with van der Waals surface area (Å²) in [4.78, 5) is -0.266. The van der Waals surface area contributed by atoms with E-state index in [0.29, 0.717) is 12.2 Å². The zero-order valence-electron chi connectivity index (χ0n) is 10.7. The van der Waals surface area contributed by atoms with Gasteiger partial charge in [0.05, 0.1) is 11.7 Å². The first-order valence-electron chi connectivity index (χ1n) is 6.24. The highest BCUT2D eigenvalue weighted by molar-refractivity contribution is 7.80. The molecule has 3 N–H and O–H groups in total. The van der Waals surface area contributed by atoms with Crippen LogP contribution in [0.15, 0.2) is 18.2 Å². The monoisotopic (exact) mass is 304 g/mol. The largest absolute Gasteiger partial charge is 0.417 e. The lowest BCUT2D eigenvalue weighted by Gasteiger charge is -2.16. The molecule has 1 aliphatic rings. The standard InChI is InChI=1S/C13H15F3N2OS/c14-13(15,16)11-4-3-8(6-10(11)12(17)20)18-7-9-2-1-5-19-9/h3-4,6,9,18H,1-2,5,7H2,(H2,17,20). The van der Waals surface area contributed by atoms with Crippen molar-refractivity contribution in [1.82, 2.24) is 0 Å². The molecule has 1 unspecified atom stereocenters. The summed E-state index contributed by atoms with van der Waals surface area (Å²) in [5, 5.41) is 3.05. The van der Waals surface area contributed by atoms with Gasteiger partial charge in [0.15, 0.2) is 0 Å². The van der Waals surface area contributed by atoms with E-state index < -0.39 is 11.7 Å². The third kappa shape index (κ3) is 3.61. The molecule has 1 saturated heterocycles. The second-order valence-electron chi connectivity index (χ2n) is 4.64. The molecule has 0 saturated carbocycles. The quantitative estimate of drug-likeness (QED) is 0.840. The van der Waals surface area contributed by atoms with Crippen LogP contribution >= 0.6 is 12.2 Å². The Hall–Kier alpha value is -1.34. The molecule has 3 nitrogen and oxygen atoms in total. The molecule has 1 atom stereocenters. The van der Waals surface area contributed by atoms with Crippen molar-refractivity contribution in [3.63, 3.8) is 0 Å². The number of anilines is 1. The molecule has 20 heavy (non-hydrogen) atoms. The van der Waals surface area contributed by atoms with E-state index in [9.17, 15) is 13.2 Å². The summed E-state index contributed by atoms with van der Waals surface area (Å²) in [6.07, 6.45) is -2.40. The van der Waals surface area contributed by atoms with Crippen molar-refractivity contribution in [2.75, 3.05) is 18.5 Å².